The van der Waals surface area contributed by atoms with Crippen LogP contribution in [0.15, 0.2) is 24.3 Å². The molecule has 0 aliphatic heterocycles. The van der Waals surface area contributed by atoms with Crippen molar-refractivity contribution in [1.29, 1.82) is 0 Å². The summed E-state index contributed by atoms with van der Waals surface area (Å²) in [6.07, 6.45) is 0.695. The third kappa shape index (κ3) is 3.81. The van der Waals surface area contributed by atoms with E-state index >= 15 is 0 Å². The Morgan fingerprint density at radius 3 is 2.25 bits per heavy atom. The summed E-state index contributed by atoms with van der Waals surface area (Å²) in [7, 11) is 0. The van der Waals surface area contributed by atoms with Gasteiger partial charge in [-0.2, -0.15) is 0 Å². The first-order valence-corrected chi connectivity index (χ1v) is 6.37. The highest BCUT2D eigenvalue weighted by Crippen LogP contribution is 2.17. The Bertz CT molecular complexity index is 511. The van der Waals surface area contributed by atoms with E-state index in [4.69, 9.17) is 5.73 Å². The van der Waals surface area contributed by atoms with E-state index in [-0.39, 0.29) is 6.04 Å². The van der Waals surface area contributed by atoms with Crippen LogP contribution in [0.1, 0.15) is 27.2 Å². The van der Waals surface area contributed by atoms with Crippen molar-refractivity contribution < 1.29 is 14.4 Å². The van der Waals surface area contributed by atoms with Crippen LogP contribution in [0.2, 0.25) is 0 Å². The van der Waals surface area contributed by atoms with Gasteiger partial charge in [-0.05, 0) is 37.6 Å². The van der Waals surface area contributed by atoms with Gasteiger partial charge in [-0.25, -0.2) is 4.90 Å². The Morgan fingerprint density at radius 2 is 1.80 bits per heavy atom. The summed E-state index contributed by atoms with van der Waals surface area (Å²) in [6.45, 7) is 4.90. The molecule has 6 nitrogen and oxygen atoms in total. The Morgan fingerprint density at radius 1 is 1.25 bits per heavy atom. The first-order valence-electron chi connectivity index (χ1n) is 6.37. The molecule has 6 heteroatoms. The second kappa shape index (κ2) is 6.70. The normalized spacial score (nSPS) is 11.6. The molecule has 0 spiro atoms. The van der Waals surface area contributed by atoms with Gasteiger partial charge in [0.15, 0.2) is 0 Å². The molecule has 20 heavy (non-hydrogen) atoms. The molecule has 1 rings (SSSR count). The standard InChI is InChI=1S/C14H19N3O3/c1-4-9(2)16-13(19)14(20)17(10(3)18)12-7-5-11(15)6-8-12/h5-9H,4,15H2,1-3H3,(H,16,19). The van der Waals surface area contributed by atoms with Crippen LogP contribution in [0.3, 0.4) is 0 Å². The fourth-order valence-electron chi connectivity index (χ4n) is 1.55. The van der Waals surface area contributed by atoms with Crippen molar-refractivity contribution in [2.45, 2.75) is 33.2 Å². The van der Waals surface area contributed by atoms with E-state index in [0.29, 0.717) is 17.8 Å². The molecule has 1 aromatic carbocycles. The van der Waals surface area contributed by atoms with Crippen LogP contribution < -0.4 is 16.0 Å². The number of amides is 3. The van der Waals surface area contributed by atoms with Crippen molar-refractivity contribution >= 4 is 29.1 Å². The SMILES string of the molecule is CCC(C)NC(=O)C(=O)N(C(C)=O)c1ccc(N)cc1. The molecule has 0 saturated carbocycles. The van der Waals surface area contributed by atoms with E-state index in [1.807, 2.05) is 6.92 Å². The largest absolute Gasteiger partial charge is 0.399 e. The van der Waals surface area contributed by atoms with Crippen LogP contribution >= 0.6 is 0 Å². The van der Waals surface area contributed by atoms with Crippen molar-refractivity contribution in [2.24, 2.45) is 0 Å². The lowest BCUT2D eigenvalue weighted by Crippen LogP contribution is -2.47. The van der Waals surface area contributed by atoms with Crippen molar-refractivity contribution in [2.75, 3.05) is 10.6 Å². The summed E-state index contributed by atoms with van der Waals surface area (Å²) in [5.41, 5.74) is 6.38. The van der Waals surface area contributed by atoms with E-state index < -0.39 is 17.7 Å². The van der Waals surface area contributed by atoms with Gasteiger partial charge < -0.3 is 11.1 Å². The number of benzene rings is 1. The monoisotopic (exact) mass is 277 g/mol. The number of hydrogen-bond donors (Lipinski definition) is 2. The minimum atomic E-state index is -0.900. The summed E-state index contributed by atoms with van der Waals surface area (Å²) < 4.78 is 0. The van der Waals surface area contributed by atoms with Gasteiger partial charge in [0.2, 0.25) is 5.91 Å². The lowest BCUT2D eigenvalue weighted by molar-refractivity contribution is -0.139. The zero-order valence-corrected chi connectivity index (χ0v) is 11.8. The Labute approximate surface area is 117 Å². The fraction of sp³-hybridized carbons (Fsp3) is 0.357. The Kier molecular flexibility index (Phi) is 5.25. The van der Waals surface area contributed by atoms with Crippen LogP contribution in [0.4, 0.5) is 11.4 Å². The maximum absolute atomic E-state index is 12.1. The van der Waals surface area contributed by atoms with Crippen molar-refractivity contribution in [3.8, 4) is 0 Å². The van der Waals surface area contributed by atoms with E-state index in [2.05, 4.69) is 5.32 Å². The van der Waals surface area contributed by atoms with E-state index in [1.165, 1.54) is 19.1 Å². The van der Waals surface area contributed by atoms with Crippen LogP contribution in [0, 0.1) is 0 Å². The van der Waals surface area contributed by atoms with Gasteiger partial charge in [0.25, 0.3) is 0 Å². The summed E-state index contributed by atoms with van der Waals surface area (Å²) in [5.74, 6) is -2.23. The van der Waals surface area contributed by atoms with Crippen molar-refractivity contribution in [3.05, 3.63) is 24.3 Å². The highest BCUT2D eigenvalue weighted by molar-refractivity contribution is 6.45. The maximum Gasteiger partial charge on any atom is 0.323 e. The molecular weight excluding hydrogens is 258 g/mol. The second-order valence-electron chi connectivity index (χ2n) is 4.53. The van der Waals surface area contributed by atoms with E-state index in [9.17, 15) is 14.4 Å². The third-order valence-electron chi connectivity index (χ3n) is 2.85. The number of rotatable bonds is 3. The molecule has 1 aromatic rings. The number of nitrogen functional groups attached to an aromatic ring is 1. The summed E-state index contributed by atoms with van der Waals surface area (Å²) >= 11 is 0. The fourth-order valence-corrected chi connectivity index (χ4v) is 1.55. The summed E-state index contributed by atoms with van der Waals surface area (Å²) in [6, 6.07) is 6.03. The topological polar surface area (TPSA) is 92.5 Å². The lowest BCUT2D eigenvalue weighted by Gasteiger charge is -2.20. The predicted octanol–water partition coefficient (Wildman–Crippen LogP) is 1.06. The quantitative estimate of drug-likeness (QED) is 0.638. The molecule has 3 N–H and O–H groups in total. The molecule has 0 fully saturated rings. The third-order valence-corrected chi connectivity index (χ3v) is 2.85. The molecule has 108 valence electrons. The zero-order chi connectivity index (χ0) is 15.3. The van der Waals surface area contributed by atoms with Crippen LogP contribution in [0.25, 0.3) is 0 Å². The van der Waals surface area contributed by atoms with Crippen LogP contribution in [-0.2, 0) is 14.4 Å². The zero-order valence-electron chi connectivity index (χ0n) is 11.8. The van der Waals surface area contributed by atoms with Gasteiger partial charge in [-0.1, -0.05) is 6.92 Å². The molecule has 1 atom stereocenters. The van der Waals surface area contributed by atoms with Crippen molar-refractivity contribution in [1.82, 2.24) is 5.32 Å². The molecule has 0 heterocycles. The maximum atomic E-state index is 12.1. The molecule has 0 aromatic heterocycles. The average Bonchev–Trinajstić information content (AvgIpc) is 2.40. The molecule has 0 aliphatic rings. The number of nitrogens with one attached hydrogen (secondary N) is 1. The molecule has 0 aliphatic carbocycles. The first kappa shape index (κ1) is 15.7. The highest BCUT2D eigenvalue weighted by atomic mass is 16.2. The number of nitrogens with zero attached hydrogens (tertiary/aromatic N) is 1. The second-order valence-corrected chi connectivity index (χ2v) is 4.53. The number of anilines is 2. The van der Waals surface area contributed by atoms with Crippen LogP contribution in [0.5, 0.6) is 0 Å². The minimum absolute atomic E-state index is 0.133. The molecule has 0 bridgehead atoms. The van der Waals surface area contributed by atoms with Gasteiger partial charge in [0.1, 0.15) is 0 Å². The Balaban J connectivity index is 2.97. The minimum Gasteiger partial charge on any atom is -0.399 e. The highest BCUT2D eigenvalue weighted by Gasteiger charge is 2.27. The van der Waals surface area contributed by atoms with Gasteiger partial charge in [-0.15, -0.1) is 0 Å². The van der Waals surface area contributed by atoms with Gasteiger partial charge in [0, 0.05) is 18.7 Å². The Hall–Kier alpha value is -2.37. The molecular formula is C14H19N3O3. The molecule has 3 amide bonds. The number of hydrogen-bond acceptors (Lipinski definition) is 4. The molecule has 1 unspecified atom stereocenters. The molecule has 0 saturated heterocycles. The first-order chi connectivity index (χ1) is 9.36. The van der Waals surface area contributed by atoms with Gasteiger partial charge in [0.05, 0.1) is 5.69 Å². The van der Waals surface area contributed by atoms with E-state index in [0.717, 1.165) is 4.90 Å². The predicted molar refractivity (Wildman–Crippen MR) is 76.9 cm³/mol. The van der Waals surface area contributed by atoms with Gasteiger partial charge in [-0.3, -0.25) is 14.4 Å². The number of carbonyl (C=O) groups is 3. The number of nitrogens with two attached hydrogens (primary N) is 1. The van der Waals surface area contributed by atoms with Crippen LogP contribution in [-0.4, -0.2) is 23.8 Å². The van der Waals surface area contributed by atoms with Crippen molar-refractivity contribution in [3.63, 3.8) is 0 Å². The summed E-state index contributed by atoms with van der Waals surface area (Å²) in [4.78, 5) is 36.4. The lowest BCUT2D eigenvalue weighted by atomic mass is 10.2. The number of carbonyl (C=O) groups excluding carboxylic acids is 3. The van der Waals surface area contributed by atoms with Gasteiger partial charge >= 0.3 is 11.8 Å². The smallest absolute Gasteiger partial charge is 0.323 e. The number of imide groups is 1. The van der Waals surface area contributed by atoms with E-state index in [1.54, 1.807) is 19.1 Å². The molecule has 0 radical (unpaired) electrons. The average molecular weight is 277 g/mol. The summed E-state index contributed by atoms with van der Waals surface area (Å²) in [5, 5.41) is 2.54.